The minimum Gasteiger partial charge on any atom is -0.383 e. The number of halogens is 3. The normalized spacial score (nSPS) is 15.9. The van der Waals surface area contributed by atoms with Crippen molar-refractivity contribution in [3.05, 3.63) is 65.7 Å². The molecule has 0 radical (unpaired) electrons. The van der Waals surface area contributed by atoms with E-state index in [1.165, 1.54) is 24.6 Å². The van der Waals surface area contributed by atoms with Crippen LogP contribution in [0.1, 0.15) is 18.1 Å². The first kappa shape index (κ1) is 24.2. The van der Waals surface area contributed by atoms with Gasteiger partial charge in [-0.1, -0.05) is 41.6 Å². The predicted molar refractivity (Wildman–Crippen MR) is 117 cm³/mol. The molecule has 2 aromatic carbocycles. The topological polar surface area (TPSA) is 74.2 Å². The highest BCUT2D eigenvalue weighted by Crippen LogP contribution is 2.30. The number of anilines is 1. The molecule has 10 heteroatoms. The van der Waals surface area contributed by atoms with Crippen LogP contribution in [0.25, 0.3) is 0 Å². The molecular weight excluding hydrogens is 437 g/mol. The van der Waals surface area contributed by atoms with Crippen LogP contribution in [0.5, 0.6) is 0 Å². The van der Waals surface area contributed by atoms with Gasteiger partial charge in [0, 0.05) is 38.4 Å². The van der Waals surface area contributed by atoms with Gasteiger partial charge < -0.3 is 15.1 Å². The molecule has 1 saturated heterocycles. The Morgan fingerprint density at radius 3 is 2.45 bits per heavy atom. The molecule has 1 aliphatic heterocycles. The molecule has 1 fully saturated rings. The van der Waals surface area contributed by atoms with Gasteiger partial charge in [0.25, 0.3) is 11.8 Å². The molecule has 0 aromatic heterocycles. The van der Waals surface area contributed by atoms with Gasteiger partial charge in [-0.05, 0) is 30.7 Å². The molecule has 2 amide bonds. The van der Waals surface area contributed by atoms with Crippen molar-refractivity contribution in [1.82, 2.24) is 9.80 Å². The van der Waals surface area contributed by atoms with Gasteiger partial charge in [0.15, 0.2) is 0 Å². The van der Waals surface area contributed by atoms with Crippen molar-refractivity contribution >= 4 is 23.7 Å². The number of piperazine rings is 1. The van der Waals surface area contributed by atoms with E-state index in [1.807, 2.05) is 18.2 Å². The molecule has 1 atom stereocenters. The summed E-state index contributed by atoms with van der Waals surface area (Å²) < 4.78 is 38.2. The number of benzene rings is 2. The SMILES string of the molecule is CC(ON=CC(=O)Nc1cccc(C(F)(F)F)c1)C(=O)N1CCN(Cc2ccccc2)CC1. The fourth-order valence-electron chi connectivity index (χ4n) is 3.39. The maximum Gasteiger partial charge on any atom is 0.416 e. The van der Waals surface area contributed by atoms with Gasteiger partial charge in [0.1, 0.15) is 6.21 Å². The number of alkyl halides is 3. The van der Waals surface area contributed by atoms with Gasteiger partial charge in [0.05, 0.1) is 5.56 Å². The van der Waals surface area contributed by atoms with Crippen LogP contribution in [-0.4, -0.2) is 60.1 Å². The van der Waals surface area contributed by atoms with Gasteiger partial charge in [-0.25, -0.2) is 0 Å². The van der Waals surface area contributed by atoms with E-state index in [2.05, 4.69) is 27.5 Å². The van der Waals surface area contributed by atoms with E-state index < -0.39 is 23.8 Å². The first-order chi connectivity index (χ1) is 15.7. The van der Waals surface area contributed by atoms with Crippen molar-refractivity contribution < 1.29 is 27.6 Å². The van der Waals surface area contributed by atoms with Crippen LogP contribution in [0.3, 0.4) is 0 Å². The standard InChI is InChI=1S/C23H25F3N4O3/c1-17(22(32)30-12-10-29(11-13-30)16-18-6-3-2-4-7-18)33-27-15-21(31)28-20-9-5-8-19(14-20)23(24,25)26/h2-9,14-15,17H,10-13,16H2,1H3,(H,28,31). The molecule has 1 unspecified atom stereocenters. The average molecular weight is 462 g/mol. The zero-order valence-corrected chi connectivity index (χ0v) is 18.1. The summed E-state index contributed by atoms with van der Waals surface area (Å²) in [4.78, 5) is 33.5. The molecule has 2 aromatic rings. The fraction of sp³-hybridized carbons (Fsp3) is 0.348. The minimum absolute atomic E-state index is 0.0289. The third-order valence-corrected chi connectivity index (χ3v) is 5.13. The molecule has 7 nitrogen and oxygen atoms in total. The number of carbonyl (C=O) groups is 2. The molecule has 0 saturated carbocycles. The Bertz CT molecular complexity index is 974. The maximum atomic E-state index is 12.7. The smallest absolute Gasteiger partial charge is 0.383 e. The molecule has 1 aliphatic rings. The molecule has 33 heavy (non-hydrogen) atoms. The molecule has 1 N–H and O–H groups in total. The second-order valence-electron chi connectivity index (χ2n) is 7.64. The molecule has 3 rings (SSSR count). The molecule has 1 heterocycles. The van der Waals surface area contributed by atoms with Crippen LogP contribution in [0.4, 0.5) is 18.9 Å². The summed E-state index contributed by atoms with van der Waals surface area (Å²) in [6, 6.07) is 14.3. The molecule has 0 spiro atoms. The Labute approximate surface area is 189 Å². The summed E-state index contributed by atoms with van der Waals surface area (Å²) in [6.07, 6.45) is -4.63. The van der Waals surface area contributed by atoms with E-state index in [0.717, 1.165) is 38.0 Å². The van der Waals surface area contributed by atoms with Gasteiger partial charge in [-0.2, -0.15) is 13.2 Å². The molecule has 0 aliphatic carbocycles. The summed E-state index contributed by atoms with van der Waals surface area (Å²) >= 11 is 0. The van der Waals surface area contributed by atoms with Crippen LogP contribution < -0.4 is 5.32 Å². The number of hydrogen-bond donors (Lipinski definition) is 1. The zero-order chi connectivity index (χ0) is 23.8. The average Bonchev–Trinajstić information content (AvgIpc) is 2.79. The van der Waals surface area contributed by atoms with Crippen molar-refractivity contribution in [2.24, 2.45) is 5.16 Å². The van der Waals surface area contributed by atoms with Crippen molar-refractivity contribution in [2.75, 3.05) is 31.5 Å². The highest BCUT2D eigenvalue weighted by atomic mass is 19.4. The first-order valence-corrected chi connectivity index (χ1v) is 10.4. The summed E-state index contributed by atoms with van der Waals surface area (Å²) in [7, 11) is 0. The highest BCUT2D eigenvalue weighted by molar-refractivity contribution is 6.31. The lowest BCUT2D eigenvalue weighted by Crippen LogP contribution is -2.50. The Hall–Kier alpha value is -3.40. The number of nitrogens with zero attached hydrogens (tertiary/aromatic N) is 3. The fourth-order valence-corrected chi connectivity index (χ4v) is 3.39. The van der Waals surface area contributed by atoms with Crippen LogP contribution >= 0.6 is 0 Å². The van der Waals surface area contributed by atoms with E-state index in [4.69, 9.17) is 4.84 Å². The van der Waals surface area contributed by atoms with Gasteiger partial charge in [-0.3, -0.25) is 14.5 Å². The number of carbonyl (C=O) groups excluding carboxylic acids is 2. The van der Waals surface area contributed by atoms with Gasteiger partial charge >= 0.3 is 6.18 Å². The quantitative estimate of drug-likeness (QED) is 0.506. The summed E-state index contributed by atoms with van der Waals surface area (Å²) in [5.74, 6) is -1.02. The Morgan fingerprint density at radius 2 is 1.79 bits per heavy atom. The van der Waals surface area contributed by atoms with E-state index in [0.29, 0.717) is 13.1 Å². The number of nitrogens with one attached hydrogen (secondary N) is 1. The molecule has 176 valence electrons. The van der Waals surface area contributed by atoms with Crippen molar-refractivity contribution in [2.45, 2.75) is 25.7 Å². The lowest BCUT2D eigenvalue weighted by molar-refractivity contribution is -0.144. The lowest BCUT2D eigenvalue weighted by atomic mass is 10.2. The minimum atomic E-state index is -4.51. The van der Waals surface area contributed by atoms with Crippen molar-refractivity contribution in [3.63, 3.8) is 0 Å². The third kappa shape index (κ3) is 7.31. The van der Waals surface area contributed by atoms with E-state index in [-0.39, 0.29) is 11.6 Å². The number of hydrogen-bond acceptors (Lipinski definition) is 5. The number of rotatable bonds is 7. The van der Waals surface area contributed by atoms with Crippen LogP contribution in [-0.2, 0) is 27.1 Å². The lowest BCUT2D eigenvalue weighted by Gasteiger charge is -2.35. The largest absolute Gasteiger partial charge is 0.416 e. The van der Waals surface area contributed by atoms with Crippen molar-refractivity contribution in [3.8, 4) is 0 Å². The van der Waals surface area contributed by atoms with Gasteiger partial charge in [-0.15, -0.1) is 0 Å². The monoisotopic (exact) mass is 462 g/mol. The Morgan fingerprint density at radius 1 is 1.09 bits per heavy atom. The Kier molecular flexibility index (Phi) is 8.05. The molecule has 0 bridgehead atoms. The second kappa shape index (κ2) is 11.0. The van der Waals surface area contributed by atoms with E-state index in [1.54, 1.807) is 4.90 Å². The second-order valence-corrected chi connectivity index (χ2v) is 7.64. The Balaban J connectivity index is 1.42. The summed E-state index contributed by atoms with van der Waals surface area (Å²) in [6.45, 7) is 4.92. The first-order valence-electron chi connectivity index (χ1n) is 10.4. The maximum absolute atomic E-state index is 12.7. The van der Waals surface area contributed by atoms with Crippen LogP contribution in [0, 0.1) is 0 Å². The molecular formula is C23H25F3N4O3. The van der Waals surface area contributed by atoms with Crippen LogP contribution in [0.15, 0.2) is 59.8 Å². The number of oxime groups is 1. The summed E-state index contributed by atoms with van der Waals surface area (Å²) in [5.41, 5.74) is 0.307. The van der Waals surface area contributed by atoms with Crippen molar-refractivity contribution in [1.29, 1.82) is 0 Å². The van der Waals surface area contributed by atoms with E-state index >= 15 is 0 Å². The third-order valence-electron chi connectivity index (χ3n) is 5.13. The number of amides is 2. The zero-order valence-electron chi connectivity index (χ0n) is 18.1. The van der Waals surface area contributed by atoms with Gasteiger partial charge in [0.2, 0.25) is 6.10 Å². The predicted octanol–water partition coefficient (Wildman–Crippen LogP) is 3.38. The van der Waals surface area contributed by atoms with Crippen LogP contribution in [0.2, 0.25) is 0 Å². The summed E-state index contributed by atoms with van der Waals surface area (Å²) in [5, 5.41) is 5.78. The van der Waals surface area contributed by atoms with E-state index in [9.17, 15) is 22.8 Å². The highest BCUT2D eigenvalue weighted by Gasteiger charge is 2.30.